The Morgan fingerprint density at radius 2 is 1.85 bits per heavy atom. The molecule has 2 aromatic heterocycles. The van der Waals surface area contributed by atoms with Crippen LogP contribution in [0, 0.1) is 26.7 Å². The molecular formula is C24H19IrN2-. The zero-order valence-corrected chi connectivity index (χ0v) is 16.1. The molecule has 135 valence electrons. The average molecular weight is 544 g/mol. The van der Waals surface area contributed by atoms with Crippen LogP contribution in [-0.2, 0) is 20.1 Å². The van der Waals surface area contributed by atoms with Crippen molar-refractivity contribution in [2.24, 2.45) is 0 Å². The molecule has 3 heteroatoms. The van der Waals surface area contributed by atoms with Gasteiger partial charge in [-0.1, -0.05) is 41.2 Å². The Kier molecular flexibility index (Phi) is 1.75. The number of pyridine rings is 1. The summed E-state index contributed by atoms with van der Waals surface area (Å²) in [6.07, 6.45) is -0.768. The molecule has 5 rings (SSSR count). The monoisotopic (exact) mass is 544 g/mol. The van der Waals surface area contributed by atoms with E-state index < -0.39 is 90.6 Å². The predicted octanol–water partition coefficient (Wildman–Crippen LogP) is 6.03. The molecule has 0 fully saturated rings. The van der Waals surface area contributed by atoms with E-state index in [4.69, 9.17) is 21.9 Å². The molecule has 0 aliphatic rings. The largest absolute Gasteiger partial charge is 0.333 e. The zero-order valence-electron chi connectivity index (χ0n) is 29.7. The predicted molar refractivity (Wildman–Crippen MR) is 109 cm³/mol. The van der Waals surface area contributed by atoms with Crippen molar-refractivity contribution in [3.05, 3.63) is 83.3 Å². The third-order valence-corrected chi connectivity index (χ3v) is 4.12. The summed E-state index contributed by atoms with van der Waals surface area (Å²) < 4.78 is 135. The SMILES string of the molecule is [2H]c1[c-]c2c(c([2H])c1[2H])c1c([2H])c(C)c([2H])c([2H])c1n1c(-c3c(C([2H])([2H])[2H])c([2H])c([2H])c([2H])c3C([2H])([2H])[2H])c([2H])nc21.[Ir]. The van der Waals surface area contributed by atoms with E-state index in [-0.39, 0.29) is 59.0 Å². The molecule has 27 heavy (non-hydrogen) atoms. The second kappa shape index (κ2) is 6.60. The van der Waals surface area contributed by atoms with Gasteiger partial charge in [0.05, 0.1) is 20.9 Å². The normalized spacial score (nSPS) is 20.6. The number of imidazole rings is 1. The Morgan fingerprint density at radius 3 is 2.63 bits per heavy atom. The minimum Gasteiger partial charge on any atom is -0.333 e. The molecule has 0 N–H and O–H groups in total. The number of hydrogen-bond donors (Lipinski definition) is 0. The van der Waals surface area contributed by atoms with E-state index in [0.717, 1.165) is 4.40 Å². The van der Waals surface area contributed by atoms with E-state index in [1.54, 1.807) is 0 Å². The smallest absolute Gasteiger partial charge is 0.0853 e. The average Bonchev–Trinajstić information content (AvgIpc) is 3.21. The van der Waals surface area contributed by atoms with Crippen LogP contribution in [0.4, 0.5) is 0 Å². The van der Waals surface area contributed by atoms with Crippen LogP contribution in [-0.4, -0.2) is 9.38 Å². The number of benzene rings is 3. The van der Waals surface area contributed by atoms with Crippen molar-refractivity contribution in [3.63, 3.8) is 0 Å². The third kappa shape index (κ3) is 2.62. The van der Waals surface area contributed by atoms with Gasteiger partial charge in [-0.2, -0.15) is 0 Å². The Labute approximate surface area is 194 Å². The topological polar surface area (TPSA) is 17.3 Å². The zero-order chi connectivity index (χ0) is 31.5. The number of rotatable bonds is 1. The Balaban J connectivity index is 0.00000423. The second-order valence-corrected chi connectivity index (χ2v) is 5.70. The van der Waals surface area contributed by atoms with Crippen LogP contribution in [0.15, 0.2) is 60.6 Å². The summed E-state index contributed by atoms with van der Waals surface area (Å²) in [5.41, 5.74) is -3.87. The summed E-state index contributed by atoms with van der Waals surface area (Å²) >= 11 is 0. The number of fused-ring (bicyclic) bond motifs is 6. The first kappa shape index (κ1) is 7.16. The molecule has 2 nitrogen and oxygen atoms in total. The van der Waals surface area contributed by atoms with Gasteiger partial charge in [0, 0.05) is 48.3 Å². The molecule has 3 aromatic carbocycles. The summed E-state index contributed by atoms with van der Waals surface area (Å²) in [6, 6.07) is -3.25. The van der Waals surface area contributed by atoms with E-state index in [1.165, 1.54) is 6.92 Å². The number of nitrogens with zero attached hydrogens (tertiary/aromatic N) is 2. The molecular weight excluding hydrogens is 508 g/mol. The van der Waals surface area contributed by atoms with Gasteiger partial charge in [-0.15, -0.1) is 29.6 Å². The first-order valence-corrected chi connectivity index (χ1v) is 7.62. The number of aromatic nitrogens is 2. The van der Waals surface area contributed by atoms with Gasteiger partial charge in [-0.3, -0.25) is 4.98 Å². The van der Waals surface area contributed by atoms with E-state index in [0.29, 0.717) is 0 Å². The van der Waals surface area contributed by atoms with Gasteiger partial charge in [0.15, 0.2) is 0 Å². The fraction of sp³-hybridized carbons (Fsp3) is 0.125. The Bertz CT molecular complexity index is 1980. The Morgan fingerprint density at radius 1 is 1.04 bits per heavy atom. The van der Waals surface area contributed by atoms with Gasteiger partial charge in [0.1, 0.15) is 0 Å². The molecule has 0 aliphatic heterocycles. The van der Waals surface area contributed by atoms with Crippen LogP contribution in [0.1, 0.15) is 38.6 Å². The van der Waals surface area contributed by atoms with Crippen molar-refractivity contribution in [1.29, 1.82) is 0 Å². The van der Waals surface area contributed by atoms with Gasteiger partial charge in [0.2, 0.25) is 0 Å². The molecule has 5 aromatic rings. The van der Waals surface area contributed by atoms with Crippen molar-refractivity contribution < 1.29 is 42.0 Å². The molecule has 0 saturated carbocycles. The molecule has 0 amide bonds. The first-order chi connectivity index (χ1) is 19.2. The van der Waals surface area contributed by atoms with Crippen LogP contribution in [0.3, 0.4) is 0 Å². The van der Waals surface area contributed by atoms with E-state index in [1.807, 2.05) is 0 Å². The van der Waals surface area contributed by atoms with Crippen LogP contribution < -0.4 is 0 Å². The van der Waals surface area contributed by atoms with Crippen molar-refractivity contribution in [2.75, 3.05) is 0 Å². The summed E-state index contributed by atoms with van der Waals surface area (Å²) in [5.74, 6) is 0. The van der Waals surface area contributed by atoms with E-state index in [9.17, 15) is 0 Å². The minimum atomic E-state index is -3.23. The van der Waals surface area contributed by atoms with Crippen LogP contribution in [0.25, 0.3) is 38.6 Å². The van der Waals surface area contributed by atoms with Gasteiger partial charge >= 0.3 is 0 Å². The summed E-state index contributed by atoms with van der Waals surface area (Å²) in [7, 11) is 0. The molecule has 0 atom stereocenters. The van der Waals surface area contributed by atoms with Gasteiger partial charge in [-0.25, -0.2) is 0 Å². The first-order valence-electron chi connectivity index (χ1n) is 15.6. The van der Waals surface area contributed by atoms with Crippen LogP contribution >= 0.6 is 0 Å². The quantitative estimate of drug-likeness (QED) is 0.186. The minimum absolute atomic E-state index is 0. The van der Waals surface area contributed by atoms with E-state index in [2.05, 4.69) is 11.1 Å². The van der Waals surface area contributed by atoms with Crippen molar-refractivity contribution in [2.45, 2.75) is 20.6 Å². The molecule has 0 bridgehead atoms. The molecule has 2 heterocycles. The van der Waals surface area contributed by atoms with Gasteiger partial charge in [0.25, 0.3) is 0 Å². The molecule has 0 spiro atoms. The van der Waals surface area contributed by atoms with Gasteiger partial charge in [-0.05, 0) is 44.6 Å². The summed E-state index contributed by atoms with van der Waals surface area (Å²) in [5, 5.41) is -0.462. The molecule has 0 unspecified atom stereocenters. The van der Waals surface area contributed by atoms with Gasteiger partial charge < -0.3 is 4.40 Å². The van der Waals surface area contributed by atoms with Crippen LogP contribution in [0.5, 0.6) is 0 Å². The molecule has 0 saturated heterocycles. The van der Waals surface area contributed by atoms with Crippen molar-refractivity contribution in [3.8, 4) is 11.3 Å². The Hall–Kier alpha value is -2.48. The molecule has 1 radical (unpaired) electrons. The fourth-order valence-electron chi connectivity index (χ4n) is 3.02. The van der Waals surface area contributed by atoms with Crippen molar-refractivity contribution in [1.82, 2.24) is 9.38 Å². The van der Waals surface area contributed by atoms with Crippen LogP contribution in [0.2, 0.25) is 0 Å². The molecule has 0 aliphatic carbocycles. The maximum absolute atomic E-state index is 8.83. The maximum atomic E-state index is 8.83. The standard InChI is InChI=1S/C24H19N2.Ir/c1-15-11-12-21-20(13-15)18-9-4-5-10-19(18)24-25-14-22(26(21)24)23-16(2)7-6-8-17(23)3;/h4-9,11-14H,1-3H3;/q-1;/i2D3,3D3,4D,5D,6D,7D,8D,9D,11D,12D,13D,14D;. The van der Waals surface area contributed by atoms with Crippen molar-refractivity contribution >= 4 is 27.3 Å². The fourth-order valence-corrected chi connectivity index (χ4v) is 3.02. The van der Waals surface area contributed by atoms with E-state index >= 15 is 0 Å². The maximum Gasteiger partial charge on any atom is 0.0853 e. The third-order valence-electron chi connectivity index (χ3n) is 4.12. The summed E-state index contributed by atoms with van der Waals surface area (Å²) in [6.45, 7) is -5.06. The second-order valence-electron chi connectivity index (χ2n) is 5.70. The number of hydrogen-bond acceptors (Lipinski definition) is 1. The summed E-state index contributed by atoms with van der Waals surface area (Å²) in [4.78, 5) is 4.16.